The summed E-state index contributed by atoms with van der Waals surface area (Å²) < 4.78 is 29.8. The van der Waals surface area contributed by atoms with Gasteiger partial charge in [0.1, 0.15) is 0 Å². The highest BCUT2D eigenvalue weighted by atomic mass is 16.7. The third kappa shape index (κ3) is 1.20. The molecule has 1 heterocycles. The molecule has 0 aliphatic carbocycles. The predicted octanol–water partition coefficient (Wildman–Crippen LogP) is 0.296. The van der Waals surface area contributed by atoms with Crippen molar-refractivity contribution in [3.63, 3.8) is 0 Å². The fourth-order valence-electron chi connectivity index (χ4n) is 0.451. The zero-order chi connectivity index (χ0) is 8.48. The average molecular weight is 119 g/mol. The molecule has 0 aromatic heterocycles. The molecule has 1 atom stereocenters. The van der Waals surface area contributed by atoms with Gasteiger partial charge in [0, 0.05) is 4.11 Å². The van der Waals surface area contributed by atoms with E-state index in [0.29, 0.717) is 0 Å². The number of rotatable bonds is 0. The van der Waals surface area contributed by atoms with Crippen LogP contribution in [0.5, 0.6) is 0 Å². The van der Waals surface area contributed by atoms with Crippen molar-refractivity contribution in [1.29, 1.82) is 0 Å². The quantitative estimate of drug-likeness (QED) is 0.430. The smallest absolute Gasteiger partial charge is 0.310 e. The maximum atomic E-state index is 10.6. The van der Waals surface area contributed by atoms with Crippen LogP contribution in [-0.4, -0.2) is 18.9 Å². The van der Waals surface area contributed by atoms with Crippen LogP contribution in [-0.2, 0) is 14.3 Å². The monoisotopic (exact) mass is 119 g/mol. The van der Waals surface area contributed by atoms with Crippen LogP contribution in [0.15, 0.2) is 0 Å². The number of carbonyl (C=O) groups excluding carboxylic acids is 1. The maximum Gasteiger partial charge on any atom is 0.310 e. The lowest BCUT2D eigenvalue weighted by Gasteiger charge is -2.17. The molecule has 0 amide bonds. The third-order valence-electron chi connectivity index (χ3n) is 0.841. The molecule has 1 unspecified atom stereocenters. The molecule has 0 bridgehead atoms. The van der Waals surface area contributed by atoms with Gasteiger partial charge in [-0.05, 0) is 6.85 Å². The van der Waals surface area contributed by atoms with Crippen LogP contribution >= 0.6 is 0 Å². The molecule has 46 valence electrons. The van der Waals surface area contributed by atoms with Crippen LogP contribution < -0.4 is 0 Å². The Morgan fingerprint density at radius 2 is 2.88 bits per heavy atom. The van der Waals surface area contributed by atoms with Gasteiger partial charge in [0.25, 0.3) is 0 Å². The van der Waals surface area contributed by atoms with Crippen LogP contribution in [0.3, 0.4) is 0 Å². The van der Waals surface area contributed by atoms with Gasteiger partial charge in [0.15, 0.2) is 6.79 Å². The summed E-state index contributed by atoms with van der Waals surface area (Å²) in [4.78, 5) is 10.6. The van der Waals surface area contributed by atoms with Crippen molar-refractivity contribution in [3.8, 4) is 0 Å². The van der Waals surface area contributed by atoms with E-state index in [4.69, 9.17) is 8.85 Å². The standard InChI is InChI=1S/C5H8O3/c1-4-2-5(6)8-3-7-4/h4H,2-3H2,1H3/i1D3. The minimum atomic E-state index is -2.22. The summed E-state index contributed by atoms with van der Waals surface area (Å²) in [6.07, 6.45) is -1.18. The topological polar surface area (TPSA) is 35.5 Å². The summed E-state index contributed by atoms with van der Waals surface area (Å²) in [5, 5.41) is 0. The molecule has 0 saturated carbocycles. The van der Waals surface area contributed by atoms with Crippen LogP contribution in [0.2, 0.25) is 0 Å². The van der Waals surface area contributed by atoms with Crippen LogP contribution in [0.4, 0.5) is 0 Å². The second kappa shape index (κ2) is 2.13. The Hall–Kier alpha value is -0.570. The van der Waals surface area contributed by atoms with Crippen LogP contribution in [0.1, 0.15) is 17.4 Å². The largest absolute Gasteiger partial charge is 0.438 e. The molecule has 0 aromatic carbocycles. The van der Waals surface area contributed by atoms with E-state index in [0.717, 1.165) is 0 Å². The van der Waals surface area contributed by atoms with E-state index in [9.17, 15) is 4.79 Å². The van der Waals surface area contributed by atoms with Gasteiger partial charge < -0.3 is 9.47 Å². The number of esters is 1. The Labute approximate surface area is 51.8 Å². The zero-order valence-corrected chi connectivity index (χ0v) is 4.22. The van der Waals surface area contributed by atoms with Gasteiger partial charge in [-0.3, -0.25) is 4.79 Å². The number of cyclic esters (lactones) is 1. The zero-order valence-electron chi connectivity index (χ0n) is 7.22. The Morgan fingerprint density at radius 3 is 3.38 bits per heavy atom. The minimum absolute atomic E-state index is 0.184. The van der Waals surface area contributed by atoms with E-state index in [2.05, 4.69) is 4.74 Å². The molecule has 0 N–H and O–H groups in total. The van der Waals surface area contributed by atoms with Crippen molar-refractivity contribution in [3.05, 3.63) is 0 Å². The number of ether oxygens (including phenoxy) is 2. The predicted molar refractivity (Wildman–Crippen MR) is 26.1 cm³/mol. The Kier molecular flexibility index (Phi) is 0.753. The molecule has 1 saturated heterocycles. The van der Waals surface area contributed by atoms with Gasteiger partial charge in [-0.25, -0.2) is 0 Å². The molecule has 8 heavy (non-hydrogen) atoms. The molecule has 3 nitrogen and oxygen atoms in total. The lowest BCUT2D eigenvalue weighted by Crippen LogP contribution is -2.24. The van der Waals surface area contributed by atoms with Crippen molar-refractivity contribution in [2.45, 2.75) is 19.4 Å². The lowest BCUT2D eigenvalue weighted by atomic mass is 10.3. The van der Waals surface area contributed by atoms with Crippen molar-refractivity contribution in [1.82, 2.24) is 0 Å². The van der Waals surface area contributed by atoms with E-state index in [1.807, 2.05) is 0 Å². The Bertz CT molecular complexity index is 165. The van der Waals surface area contributed by atoms with Crippen molar-refractivity contribution in [2.75, 3.05) is 6.79 Å². The summed E-state index contributed by atoms with van der Waals surface area (Å²) in [5.74, 6) is -0.516. The molecule has 1 aliphatic rings. The van der Waals surface area contributed by atoms with Crippen LogP contribution in [0.25, 0.3) is 0 Å². The minimum Gasteiger partial charge on any atom is -0.438 e. The second-order valence-corrected chi connectivity index (χ2v) is 1.49. The van der Waals surface area contributed by atoms with Gasteiger partial charge in [0.05, 0.1) is 12.5 Å². The van der Waals surface area contributed by atoms with Gasteiger partial charge in [-0.1, -0.05) is 0 Å². The van der Waals surface area contributed by atoms with Crippen LogP contribution in [0, 0.1) is 0 Å². The van der Waals surface area contributed by atoms with Gasteiger partial charge in [-0.15, -0.1) is 0 Å². The number of hydrogen-bond acceptors (Lipinski definition) is 3. The third-order valence-corrected chi connectivity index (χ3v) is 0.841. The molecule has 1 aliphatic heterocycles. The molecular weight excluding hydrogens is 108 g/mol. The summed E-state index contributed by atoms with van der Waals surface area (Å²) >= 11 is 0. The molecule has 1 rings (SSSR count). The lowest BCUT2D eigenvalue weighted by molar-refractivity contribution is -0.178. The van der Waals surface area contributed by atoms with Gasteiger partial charge >= 0.3 is 5.97 Å². The van der Waals surface area contributed by atoms with E-state index in [1.165, 1.54) is 0 Å². The fourth-order valence-corrected chi connectivity index (χ4v) is 0.451. The van der Waals surface area contributed by atoms with Gasteiger partial charge in [-0.2, -0.15) is 0 Å². The summed E-state index contributed by atoms with van der Waals surface area (Å²) in [6.45, 7) is -2.47. The molecule has 3 heteroatoms. The number of hydrogen-bond donors (Lipinski definition) is 0. The average Bonchev–Trinajstić information content (AvgIpc) is 1.86. The highest BCUT2D eigenvalue weighted by Crippen LogP contribution is 2.04. The maximum absolute atomic E-state index is 10.6. The molecule has 0 spiro atoms. The Morgan fingerprint density at radius 1 is 2.00 bits per heavy atom. The SMILES string of the molecule is [2H]C([2H])([2H])C1CC(=O)OCO1. The summed E-state index contributed by atoms with van der Waals surface area (Å²) in [6, 6.07) is 0. The van der Waals surface area contributed by atoms with Gasteiger partial charge in [0.2, 0.25) is 0 Å². The summed E-state index contributed by atoms with van der Waals surface area (Å²) in [7, 11) is 0. The molecule has 0 radical (unpaired) electrons. The summed E-state index contributed by atoms with van der Waals surface area (Å²) in [5.41, 5.74) is 0. The van der Waals surface area contributed by atoms with E-state index in [1.54, 1.807) is 0 Å². The second-order valence-electron chi connectivity index (χ2n) is 1.49. The van der Waals surface area contributed by atoms with Crippen molar-refractivity contribution in [2.24, 2.45) is 0 Å². The highest BCUT2D eigenvalue weighted by molar-refractivity contribution is 5.70. The first kappa shape index (κ1) is 2.82. The van der Waals surface area contributed by atoms with E-state index >= 15 is 0 Å². The molecule has 0 aromatic rings. The fraction of sp³-hybridized carbons (Fsp3) is 0.800. The van der Waals surface area contributed by atoms with Crippen molar-refractivity contribution < 1.29 is 18.4 Å². The molecule has 1 fully saturated rings. The highest BCUT2D eigenvalue weighted by Gasteiger charge is 2.15. The van der Waals surface area contributed by atoms with E-state index in [-0.39, 0.29) is 13.2 Å². The van der Waals surface area contributed by atoms with Crippen molar-refractivity contribution >= 4 is 5.97 Å². The first-order valence-electron chi connectivity index (χ1n) is 3.77. The first-order chi connectivity index (χ1) is 5.00. The molecular formula is C5H8O3. The normalized spacial score (nSPS) is 36.8. The number of carbonyl (C=O) groups is 1. The first-order valence-corrected chi connectivity index (χ1v) is 2.27. The Balaban J connectivity index is 2.53. The van der Waals surface area contributed by atoms with E-state index < -0.39 is 18.9 Å².